The Labute approximate surface area is 122 Å². The summed E-state index contributed by atoms with van der Waals surface area (Å²) in [6.45, 7) is -0.344. The smallest absolute Gasteiger partial charge is 0.246 e. The van der Waals surface area contributed by atoms with E-state index in [0.29, 0.717) is 17.9 Å². The van der Waals surface area contributed by atoms with Crippen molar-refractivity contribution in [2.75, 3.05) is 19.0 Å². The molecule has 3 amide bonds. The van der Waals surface area contributed by atoms with Crippen LogP contribution in [0.1, 0.15) is 12.8 Å². The molecule has 0 spiro atoms. The Bertz CT molecular complexity index is 573. The van der Waals surface area contributed by atoms with Crippen molar-refractivity contribution in [1.29, 1.82) is 0 Å². The van der Waals surface area contributed by atoms with Crippen LogP contribution in [0, 0.1) is 0 Å². The lowest BCUT2D eigenvalue weighted by Crippen LogP contribution is -2.53. The number of anilines is 1. The number of nitrogens with two attached hydrogens (primary N) is 1. The van der Waals surface area contributed by atoms with E-state index in [4.69, 9.17) is 10.5 Å². The number of imide groups is 1. The van der Waals surface area contributed by atoms with Gasteiger partial charge in [0.2, 0.25) is 17.7 Å². The van der Waals surface area contributed by atoms with Crippen molar-refractivity contribution in [3.63, 3.8) is 0 Å². The minimum Gasteiger partial charge on any atom is -0.495 e. The number of amides is 3. The topological polar surface area (TPSA) is 102 Å². The number of hydrogen-bond donors (Lipinski definition) is 2. The van der Waals surface area contributed by atoms with E-state index in [-0.39, 0.29) is 18.9 Å². The van der Waals surface area contributed by atoms with Gasteiger partial charge < -0.3 is 15.8 Å². The van der Waals surface area contributed by atoms with E-state index in [1.54, 1.807) is 24.3 Å². The van der Waals surface area contributed by atoms with Crippen molar-refractivity contribution in [3.05, 3.63) is 24.3 Å². The molecule has 0 aliphatic carbocycles. The number of para-hydroxylation sites is 2. The van der Waals surface area contributed by atoms with E-state index in [9.17, 15) is 14.4 Å². The Morgan fingerprint density at radius 3 is 2.86 bits per heavy atom. The number of nitrogens with one attached hydrogen (secondary N) is 1. The maximum Gasteiger partial charge on any atom is 0.246 e. The minimum absolute atomic E-state index is 0.175. The molecule has 0 radical (unpaired) electrons. The molecule has 0 saturated carbocycles. The highest BCUT2D eigenvalue weighted by molar-refractivity contribution is 6.05. The molecule has 7 nitrogen and oxygen atoms in total. The van der Waals surface area contributed by atoms with Crippen LogP contribution in [-0.2, 0) is 14.4 Å². The summed E-state index contributed by atoms with van der Waals surface area (Å²) in [5.41, 5.74) is 6.09. The number of methoxy groups -OCH3 is 1. The third-order valence-corrected chi connectivity index (χ3v) is 3.24. The molecule has 1 fully saturated rings. The predicted octanol–water partition coefficient (Wildman–Crippen LogP) is 0.110. The Hall–Kier alpha value is -2.41. The molecule has 1 aromatic rings. The third-order valence-electron chi connectivity index (χ3n) is 3.24. The summed E-state index contributed by atoms with van der Waals surface area (Å²) in [7, 11) is 1.49. The lowest BCUT2D eigenvalue weighted by Gasteiger charge is -2.28. The second-order valence-electron chi connectivity index (χ2n) is 4.71. The first-order valence-electron chi connectivity index (χ1n) is 6.55. The molecule has 21 heavy (non-hydrogen) atoms. The van der Waals surface area contributed by atoms with Crippen molar-refractivity contribution in [2.45, 2.75) is 18.9 Å². The molecule has 112 valence electrons. The number of ether oxygens (including phenoxy) is 1. The van der Waals surface area contributed by atoms with Gasteiger partial charge in [0.15, 0.2) is 0 Å². The maximum atomic E-state index is 12.0. The molecular weight excluding hydrogens is 274 g/mol. The van der Waals surface area contributed by atoms with E-state index in [0.717, 1.165) is 4.90 Å². The number of hydrogen-bond acceptors (Lipinski definition) is 5. The molecule has 0 bridgehead atoms. The highest BCUT2D eigenvalue weighted by Crippen LogP contribution is 2.23. The Morgan fingerprint density at radius 1 is 1.43 bits per heavy atom. The van der Waals surface area contributed by atoms with E-state index < -0.39 is 17.9 Å². The highest BCUT2D eigenvalue weighted by atomic mass is 16.5. The molecule has 1 atom stereocenters. The zero-order chi connectivity index (χ0) is 15.4. The Balaban J connectivity index is 2.04. The standard InChI is InChI=1S/C14H17N3O4/c1-21-11-5-3-2-4-10(11)16-12(18)8-17-13(19)7-6-9(15)14(17)20/h2-5,9H,6-8,15H2,1H3,(H,16,18). The first kappa shape index (κ1) is 15.0. The van der Waals surface area contributed by atoms with Gasteiger partial charge in [-0.1, -0.05) is 12.1 Å². The Morgan fingerprint density at radius 2 is 2.14 bits per heavy atom. The summed E-state index contributed by atoms with van der Waals surface area (Å²) < 4.78 is 5.11. The largest absolute Gasteiger partial charge is 0.495 e. The minimum atomic E-state index is -0.721. The van der Waals surface area contributed by atoms with Gasteiger partial charge in [-0.05, 0) is 18.6 Å². The second-order valence-corrected chi connectivity index (χ2v) is 4.71. The lowest BCUT2D eigenvalue weighted by atomic mass is 10.1. The molecule has 1 saturated heterocycles. The number of nitrogens with zero attached hydrogens (tertiary/aromatic N) is 1. The SMILES string of the molecule is COc1ccccc1NC(=O)CN1C(=O)CCC(N)C1=O. The molecule has 1 aromatic carbocycles. The molecule has 1 aliphatic rings. The normalized spacial score (nSPS) is 18.6. The number of benzene rings is 1. The van der Waals surface area contributed by atoms with Gasteiger partial charge >= 0.3 is 0 Å². The van der Waals surface area contributed by atoms with Crippen molar-refractivity contribution in [2.24, 2.45) is 5.73 Å². The molecule has 1 aliphatic heterocycles. The van der Waals surface area contributed by atoms with E-state index in [1.165, 1.54) is 7.11 Å². The average Bonchev–Trinajstić information content (AvgIpc) is 2.48. The van der Waals surface area contributed by atoms with Gasteiger partial charge in [0.25, 0.3) is 0 Å². The van der Waals surface area contributed by atoms with Crippen LogP contribution in [0.2, 0.25) is 0 Å². The monoisotopic (exact) mass is 291 g/mol. The summed E-state index contributed by atoms with van der Waals surface area (Å²) in [5.74, 6) is -0.868. The van der Waals surface area contributed by atoms with Crippen molar-refractivity contribution in [3.8, 4) is 5.75 Å². The molecule has 3 N–H and O–H groups in total. The van der Waals surface area contributed by atoms with Crippen LogP contribution in [0.3, 0.4) is 0 Å². The van der Waals surface area contributed by atoms with Crippen molar-refractivity contribution < 1.29 is 19.1 Å². The first-order chi connectivity index (χ1) is 10.0. The molecule has 1 unspecified atom stereocenters. The summed E-state index contributed by atoms with van der Waals surface area (Å²) >= 11 is 0. The Kier molecular flexibility index (Phi) is 4.54. The fraction of sp³-hybridized carbons (Fsp3) is 0.357. The van der Waals surface area contributed by atoms with E-state index in [1.807, 2.05) is 0 Å². The van der Waals surface area contributed by atoms with E-state index in [2.05, 4.69) is 5.32 Å². The molecular formula is C14H17N3O4. The van der Waals surface area contributed by atoms with Gasteiger partial charge in [-0.15, -0.1) is 0 Å². The first-order valence-corrected chi connectivity index (χ1v) is 6.55. The summed E-state index contributed by atoms with van der Waals surface area (Å²) in [6.07, 6.45) is 0.497. The average molecular weight is 291 g/mol. The lowest BCUT2D eigenvalue weighted by molar-refractivity contribution is -0.151. The van der Waals surface area contributed by atoms with Crippen LogP contribution < -0.4 is 15.8 Å². The van der Waals surface area contributed by atoms with Crippen LogP contribution in [0.15, 0.2) is 24.3 Å². The van der Waals surface area contributed by atoms with Gasteiger partial charge in [-0.2, -0.15) is 0 Å². The number of likely N-dealkylation sites (tertiary alicyclic amines) is 1. The van der Waals surface area contributed by atoms with Gasteiger partial charge in [0.1, 0.15) is 12.3 Å². The fourth-order valence-corrected chi connectivity index (χ4v) is 2.11. The molecule has 0 aromatic heterocycles. The van der Waals surface area contributed by atoms with Crippen LogP contribution in [-0.4, -0.2) is 42.3 Å². The van der Waals surface area contributed by atoms with Crippen LogP contribution >= 0.6 is 0 Å². The summed E-state index contributed by atoms with van der Waals surface area (Å²) in [6, 6.07) is 6.16. The summed E-state index contributed by atoms with van der Waals surface area (Å²) in [4.78, 5) is 36.4. The summed E-state index contributed by atoms with van der Waals surface area (Å²) in [5, 5.41) is 2.61. The third kappa shape index (κ3) is 3.38. The van der Waals surface area contributed by atoms with Crippen molar-refractivity contribution >= 4 is 23.4 Å². The second kappa shape index (κ2) is 6.36. The predicted molar refractivity (Wildman–Crippen MR) is 75.6 cm³/mol. The number of piperidine rings is 1. The number of carbonyl (C=O) groups excluding carboxylic acids is 3. The van der Waals surface area contributed by atoms with Gasteiger partial charge in [-0.25, -0.2) is 0 Å². The van der Waals surface area contributed by atoms with Crippen molar-refractivity contribution in [1.82, 2.24) is 4.90 Å². The maximum absolute atomic E-state index is 12.0. The van der Waals surface area contributed by atoms with Crippen LogP contribution in [0.5, 0.6) is 5.75 Å². The van der Waals surface area contributed by atoms with Gasteiger partial charge in [0.05, 0.1) is 18.8 Å². The molecule has 7 heteroatoms. The molecule has 1 heterocycles. The number of carbonyl (C=O) groups is 3. The highest BCUT2D eigenvalue weighted by Gasteiger charge is 2.33. The van der Waals surface area contributed by atoms with Crippen LogP contribution in [0.4, 0.5) is 5.69 Å². The molecule has 2 rings (SSSR count). The zero-order valence-corrected chi connectivity index (χ0v) is 11.7. The zero-order valence-electron chi connectivity index (χ0n) is 11.7. The quantitative estimate of drug-likeness (QED) is 0.767. The van der Waals surface area contributed by atoms with Gasteiger partial charge in [-0.3, -0.25) is 19.3 Å². The fourth-order valence-electron chi connectivity index (χ4n) is 2.11. The van der Waals surface area contributed by atoms with Crippen LogP contribution in [0.25, 0.3) is 0 Å². The van der Waals surface area contributed by atoms with E-state index >= 15 is 0 Å². The number of rotatable bonds is 4. The van der Waals surface area contributed by atoms with Gasteiger partial charge in [0, 0.05) is 6.42 Å².